The van der Waals surface area contributed by atoms with Crippen molar-refractivity contribution in [3.8, 4) is 0 Å². The molecule has 0 unspecified atom stereocenters. The van der Waals surface area contributed by atoms with E-state index in [-0.39, 0.29) is 22.3 Å². The van der Waals surface area contributed by atoms with Crippen molar-refractivity contribution in [2.45, 2.75) is 11.4 Å². The van der Waals surface area contributed by atoms with Crippen molar-refractivity contribution in [3.05, 3.63) is 45.1 Å². The summed E-state index contributed by atoms with van der Waals surface area (Å²) in [4.78, 5) is 9.75. The van der Waals surface area contributed by atoms with Gasteiger partial charge >= 0.3 is 0 Å². The number of benzene rings is 1. The maximum atomic E-state index is 12.1. The monoisotopic (exact) mass is 331 g/mol. The van der Waals surface area contributed by atoms with Gasteiger partial charge in [0.15, 0.2) is 0 Å². The van der Waals surface area contributed by atoms with Gasteiger partial charge in [0.1, 0.15) is 10.8 Å². The van der Waals surface area contributed by atoms with Gasteiger partial charge < -0.3 is 5.73 Å². The van der Waals surface area contributed by atoms with E-state index in [1.807, 2.05) is 0 Å². The zero-order valence-electron chi connectivity index (χ0n) is 10.4. The Balaban J connectivity index is 2.26. The number of anilines is 1. The third kappa shape index (κ3) is 3.29. The van der Waals surface area contributed by atoms with Crippen molar-refractivity contribution in [2.24, 2.45) is 0 Å². The Kier molecular flexibility index (Phi) is 4.11. The molecule has 0 radical (unpaired) electrons. The Labute approximate surface area is 124 Å². The highest BCUT2D eigenvalue weighted by atomic mass is 35.5. The highest BCUT2D eigenvalue weighted by Crippen LogP contribution is 2.27. The predicted molar refractivity (Wildman–Crippen MR) is 75.1 cm³/mol. The lowest BCUT2D eigenvalue weighted by atomic mass is 10.3. The van der Waals surface area contributed by atoms with Crippen molar-refractivity contribution in [1.29, 1.82) is 0 Å². The van der Waals surface area contributed by atoms with Crippen molar-refractivity contribution >= 4 is 33.1 Å². The summed E-state index contributed by atoms with van der Waals surface area (Å²) in [6.45, 7) is -0.0961. The molecule has 1 aromatic heterocycles. The van der Waals surface area contributed by atoms with Gasteiger partial charge in [0, 0.05) is 18.2 Å². The van der Waals surface area contributed by atoms with Crippen LogP contribution in [0.15, 0.2) is 29.3 Å². The number of nitro benzene ring substituents is 1. The normalized spacial score (nSPS) is 11.5. The number of nitrogens with two attached hydrogens (primary N) is 1. The van der Waals surface area contributed by atoms with Gasteiger partial charge in [-0.15, -0.1) is 0 Å². The van der Waals surface area contributed by atoms with Crippen molar-refractivity contribution in [2.75, 3.05) is 5.73 Å². The molecule has 0 aliphatic carbocycles. The fourth-order valence-electron chi connectivity index (χ4n) is 1.52. The molecule has 21 heavy (non-hydrogen) atoms. The van der Waals surface area contributed by atoms with E-state index in [1.165, 1.54) is 12.3 Å². The van der Waals surface area contributed by atoms with Crippen LogP contribution in [-0.4, -0.2) is 23.5 Å². The van der Waals surface area contributed by atoms with Gasteiger partial charge in [0.2, 0.25) is 10.0 Å². The zero-order chi connectivity index (χ0) is 15.6. The number of H-pyrrole nitrogens is 1. The van der Waals surface area contributed by atoms with E-state index in [0.717, 1.165) is 12.1 Å². The van der Waals surface area contributed by atoms with E-state index in [4.69, 9.17) is 17.3 Å². The third-order valence-corrected chi connectivity index (χ3v) is 4.35. The number of hydrogen-bond donors (Lipinski definition) is 3. The number of aromatic amines is 1. The molecule has 112 valence electrons. The summed E-state index contributed by atoms with van der Waals surface area (Å²) in [5.74, 6) is 0.236. The maximum absolute atomic E-state index is 12.1. The summed E-state index contributed by atoms with van der Waals surface area (Å²) >= 11 is 5.63. The molecule has 1 heterocycles. The van der Waals surface area contributed by atoms with Crippen molar-refractivity contribution in [3.63, 3.8) is 0 Å². The fraction of sp³-hybridized carbons (Fsp3) is 0.100. The van der Waals surface area contributed by atoms with E-state index >= 15 is 0 Å². The Morgan fingerprint density at radius 3 is 2.76 bits per heavy atom. The minimum Gasteiger partial charge on any atom is -0.384 e. The fourth-order valence-corrected chi connectivity index (χ4v) is 2.73. The van der Waals surface area contributed by atoms with Crippen LogP contribution in [0.3, 0.4) is 0 Å². The Hall–Kier alpha value is -2.17. The molecule has 0 saturated carbocycles. The highest BCUT2D eigenvalue weighted by Gasteiger charge is 2.20. The number of nitrogens with zero attached hydrogens (tertiary/aromatic N) is 2. The van der Waals surface area contributed by atoms with Crippen LogP contribution in [0.4, 0.5) is 11.5 Å². The molecule has 0 amide bonds. The van der Waals surface area contributed by atoms with Crippen LogP contribution < -0.4 is 10.5 Å². The van der Waals surface area contributed by atoms with Crippen LogP contribution in [0, 0.1) is 10.1 Å². The number of aromatic nitrogens is 2. The van der Waals surface area contributed by atoms with Gasteiger partial charge in [-0.25, -0.2) is 13.1 Å². The minimum absolute atomic E-state index is 0.0961. The molecule has 9 nitrogen and oxygen atoms in total. The molecular formula is C10H10ClN5O4S. The van der Waals surface area contributed by atoms with Crippen molar-refractivity contribution < 1.29 is 13.3 Å². The van der Waals surface area contributed by atoms with Crippen LogP contribution in [0.25, 0.3) is 0 Å². The molecule has 0 atom stereocenters. The second-order valence-corrected chi connectivity index (χ2v) is 6.18. The van der Waals surface area contributed by atoms with Gasteiger partial charge in [-0.3, -0.25) is 15.2 Å². The van der Waals surface area contributed by atoms with E-state index in [0.29, 0.717) is 5.56 Å². The van der Waals surface area contributed by atoms with E-state index in [9.17, 15) is 18.5 Å². The number of hydrogen-bond acceptors (Lipinski definition) is 6. The first-order valence-corrected chi connectivity index (χ1v) is 7.38. The molecule has 11 heteroatoms. The summed E-state index contributed by atoms with van der Waals surface area (Å²) in [7, 11) is -3.94. The lowest BCUT2D eigenvalue weighted by Gasteiger charge is -2.06. The second kappa shape index (κ2) is 5.68. The summed E-state index contributed by atoms with van der Waals surface area (Å²) in [6.07, 6.45) is 1.38. The Bertz CT molecular complexity index is 788. The average molecular weight is 332 g/mol. The quantitative estimate of drug-likeness (QED) is 0.551. The van der Waals surface area contributed by atoms with E-state index < -0.39 is 20.6 Å². The SMILES string of the molecule is Nc1[nH]ncc1CNS(=O)(=O)c1ccc(Cl)c([N+](=O)[O-])c1. The highest BCUT2D eigenvalue weighted by molar-refractivity contribution is 7.89. The Morgan fingerprint density at radius 1 is 1.48 bits per heavy atom. The molecule has 0 saturated heterocycles. The molecule has 0 fully saturated rings. The number of nitrogen functional groups attached to an aromatic ring is 1. The molecule has 1 aromatic carbocycles. The van der Waals surface area contributed by atoms with Crippen LogP contribution in [-0.2, 0) is 16.6 Å². The molecular weight excluding hydrogens is 322 g/mol. The summed E-state index contributed by atoms with van der Waals surface area (Å²) in [5.41, 5.74) is 5.51. The van der Waals surface area contributed by atoms with E-state index in [2.05, 4.69) is 14.9 Å². The predicted octanol–water partition coefficient (Wildman–Crippen LogP) is 1.03. The number of halogens is 1. The Morgan fingerprint density at radius 2 is 2.19 bits per heavy atom. The minimum atomic E-state index is -3.94. The van der Waals surface area contributed by atoms with Gasteiger partial charge in [-0.2, -0.15) is 5.10 Å². The largest absolute Gasteiger partial charge is 0.384 e. The molecule has 0 bridgehead atoms. The smallest absolute Gasteiger partial charge is 0.289 e. The van der Waals surface area contributed by atoms with Crippen LogP contribution in [0.1, 0.15) is 5.56 Å². The third-order valence-electron chi connectivity index (χ3n) is 2.63. The zero-order valence-corrected chi connectivity index (χ0v) is 12.0. The number of rotatable bonds is 5. The molecule has 0 aliphatic heterocycles. The molecule has 0 aliphatic rings. The van der Waals surface area contributed by atoms with Gasteiger partial charge in [-0.1, -0.05) is 11.6 Å². The topological polar surface area (TPSA) is 144 Å². The first kappa shape index (κ1) is 15.2. The average Bonchev–Trinajstić information content (AvgIpc) is 2.82. The van der Waals surface area contributed by atoms with Crippen LogP contribution in [0.2, 0.25) is 5.02 Å². The van der Waals surface area contributed by atoms with Crippen LogP contribution >= 0.6 is 11.6 Å². The molecule has 2 rings (SSSR count). The van der Waals surface area contributed by atoms with Gasteiger partial charge in [0.05, 0.1) is 16.0 Å². The lowest BCUT2D eigenvalue weighted by molar-refractivity contribution is -0.384. The maximum Gasteiger partial charge on any atom is 0.289 e. The lowest BCUT2D eigenvalue weighted by Crippen LogP contribution is -2.23. The first-order valence-electron chi connectivity index (χ1n) is 5.52. The standard InChI is InChI=1S/C10H10ClN5O4S/c11-8-2-1-7(3-9(8)16(17)18)21(19,20)14-5-6-4-13-15-10(6)12/h1-4,14H,5H2,(H3,12,13,15). The molecule has 0 spiro atoms. The van der Waals surface area contributed by atoms with Gasteiger partial charge in [-0.05, 0) is 12.1 Å². The molecule has 4 N–H and O–H groups in total. The number of nitrogens with one attached hydrogen (secondary N) is 2. The van der Waals surface area contributed by atoms with Gasteiger partial charge in [0.25, 0.3) is 5.69 Å². The number of sulfonamides is 1. The summed E-state index contributed by atoms with van der Waals surface area (Å²) < 4.78 is 26.4. The second-order valence-electron chi connectivity index (χ2n) is 4.00. The van der Waals surface area contributed by atoms with E-state index in [1.54, 1.807) is 0 Å². The first-order chi connectivity index (χ1) is 9.81. The van der Waals surface area contributed by atoms with Crippen molar-refractivity contribution in [1.82, 2.24) is 14.9 Å². The summed E-state index contributed by atoms with van der Waals surface area (Å²) in [6, 6.07) is 3.22. The molecule has 2 aromatic rings. The van der Waals surface area contributed by atoms with Crippen LogP contribution in [0.5, 0.6) is 0 Å². The number of nitro groups is 1. The summed E-state index contributed by atoms with van der Waals surface area (Å²) in [5, 5.41) is 16.7.